The van der Waals surface area contributed by atoms with Crippen LogP contribution in [-0.4, -0.2) is 38.7 Å². The Morgan fingerprint density at radius 2 is 1.83 bits per heavy atom. The molecule has 2 N–H and O–H groups in total. The highest BCUT2D eigenvalue weighted by Gasteiger charge is 2.45. The number of nitrogens with zero attached hydrogens (tertiary/aromatic N) is 3. The molecule has 4 aromatic rings. The number of phenols is 1. The molecule has 2 heterocycles. The van der Waals surface area contributed by atoms with Crippen molar-refractivity contribution in [2.45, 2.75) is 30.0 Å². The molecule has 1 aliphatic rings. The Balaban J connectivity index is 1.49. The lowest BCUT2D eigenvalue weighted by Crippen LogP contribution is -2.30. The molecule has 3 aromatic carbocycles. The van der Waals surface area contributed by atoms with Crippen LogP contribution >= 0.6 is 23.1 Å². The van der Waals surface area contributed by atoms with Crippen LogP contribution in [0.15, 0.2) is 94.5 Å². The molecule has 0 aliphatic carbocycles. The second kappa shape index (κ2) is 12.4. The monoisotopic (exact) mass is 585 g/mol. The van der Waals surface area contributed by atoms with Gasteiger partial charge in [-0.15, -0.1) is 10.2 Å². The number of ether oxygens (including phenoxy) is 1. The maximum Gasteiger partial charge on any atom is 0.296 e. The summed E-state index contributed by atoms with van der Waals surface area (Å²) in [7, 11) is 0. The first-order valence-corrected chi connectivity index (χ1v) is 14.7. The van der Waals surface area contributed by atoms with Gasteiger partial charge < -0.3 is 14.9 Å². The van der Waals surface area contributed by atoms with Crippen LogP contribution in [0.1, 0.15) is 35.2 Å². The molecule has 5 rings (SSSR count). The number of carbonyl (C=O) groups is 2. The predicted molar refractivity (Wildman–Crippen MR) is 160 cm³/mol. The number of carbonyl (C=O) groups excluding carboxylic acids is 2. The molecule has 0 fully saturated rings. The number of anilines is 1. The van der Waals surface area contributed by atoms with Crippen molar-refractivity contribution in [3.63, 3.8) is 0 Å². The number of hydrogen-bond donors (Lipinski definition) is 2. The Morgan fingerprint density at radius 3 is 2.56 bits per heavy atom. The van der Waals surface area contributed by atoms with E-state index < -0.39 is 23.5 Å². The van der Waals surface area contributed by atoms with E-state index in [1.54, 1.807) is 25.1 Å². The van der Waals surface area contributed by atoms with E-state index in [-0.39, 0.29) is 22.2 Å². The summed E-state index contributed by atoms with van der Waals surface area (Å²) in [6, 6.07) is 21.0. The fraction of sp³-hybridized carbons (Fsp3) is 0.161. The lowest BCUT2D eigenvalue weighted by atomic mass is 9.95. The number of aliphatic hydroxyl groups excluding tert-OH is 1. The third-order valence-electron chi connectivity index (χ3n) is 6.38. The summed E-state index contributed by atoms with van der Waals surface area (Å²) in [5, 5.41) is 30.0. The number of thioether (sulfide) groups is 1. The predicted octanol–water partition coefficient (Wildman–Crippen LogP) is 6.43. The second-order valence-electron chi connectivity index (χ2n) is 9.23. The minimum Gasteiger partial charge on any atom is -0.504 e. The van der Waals surface area contributed by atoms with Gasteiger partial charge in [0.2, 0.25) is 5.13 Å². The maximum atomic E-state index is 13.5. The average Bonchev–Trinajstić information content (AvgIpc) is 3.55. The van der Waals surface area contributed by atoms with Crippen molar-refractivity contribution in [2.75, 3.05) is 11.5 Å². The molecule has 208 valence electrons. The number of benzene rings is 3. The first kappa shape index (κ1) is 28.1. The Kier molecular flexibility index (Phi) is 8.51. The quantitative estimate of drug-likeness (QED) is 0.124. The summed E-state index contributed by atoms with van der Waals surface area (Å²) in [4.78, 5) is 28.2. The maximum absolute atomic E-state index is 13.5. The number of aliphatic hydroxyl groups is 1. The van der Waals surface area contributed by atoms with Crippen LogP contribution in [-0.2, 0) is 15.3 Å². The summed E-state index contributed by atoms with van der Waals surface area (Å²) in [6.45, 7) is 4.11. The highest BCUT2D eigenvalue weighted by Crippen LogP contribution is 2.45. The molecule has 0 bridgehead atoms. The lowest BCUT2D eigenvalue weighted by Gasteiger charge is -2.24. The van der Waals surface area contributed by atoms with E-state index in [0.29, 0.717) is 22.3 Å². The number of allylic oxidation sites excluding steroid dienone is 1. The van der Waals surface area contributed by atoms with Gasteiger partial charge in [0, 0.05) is 5.75 Å². The molecular weight excluding hydrogens is 558 g/mol. The fourth-order valence-corrected chi connectivity index (χ4v) is 6.18. The molecule has 0 saturated carbocycles. The van der Waals surface area contributed by atoms with E-state index >= 15 is 0 Å². The summed E-state index contributed by atoms with van der Waals surface area (Å²) >= 11 is 2.68. The normalized spacial score (nSPS) is 15.2. The minimum absolute atomic E-state index is 0.0813. The van der Waals surface area contributed by atoms with Crippen LogP contribution in [0, 0.1) is 6.92 Å². The Hall–Kier alpha value is -4.41. The molecule has 8 nitrogen and oxygen atoms in total. The molecule has 1 aliphatic heterocycles. The fourth-order valence-electron chi connectivity index (χ4n) is 4.35. The molecule has 1 amide bonds. The molecule has 0 saturated heterocycles. The summed E-state index contributed by atoms with van der Waals surface area (Å²) in [5.74, 6) is -1.17. The van der Waals surface area contributed by atoms with Crippen LogP contribution in [0.4, 0.5) is 5.13 Å². The Bertz CT molecular complexity index is 1630. The highest BCUT2D eigenvalue weighted by atomic mass is 32.2. The Labute approximate surface area is 245 Å². The first-order chi connectivity index (χ1) is 19.9. The van der Waals surface area contributed by atoms with Gasteiger partial charge in [0.05, 0.1) is 18.2 Å². The number of aromatic nitrogens is 2. The van der Waals surface area contributed by atoms with Gasteiger partial charge in [-0.2, -0.15) is 0 Å². The standard InChI is InChI=1S/C31H27N3O5S2/c1-3-39-25-17-22(14-16-23(25)35)27-26(24(36)15-13-20-7-5-4-6-8-20)28(37)29(38)34(27)30-32-33-31(41-30)40-18-21-11-9-19(2)10-12-21/h4-17,27,35,37H,3,18H2,1-2H3. The van der Waals surface area contributed by atoms with Crippen molar-refractivity contribution >= 4 is 46.0 Å². The molecule has 10 heteroatoms. The molecule has 0 spiro atoms. The van der Waals surface area contributed by atoms with Crippen molar-refractivity contribution in [2.24, 2.45) is 0 Å². The lowest BCUT2D eigenvalue weighted by molar-refractivity contribution is -0.117. The number of amides is 1. The van der Waals surface area contributed by atoms with E-state index in [4.69, 9.17) is 4.74 Å². The summed E-state index contributed by atoms with van der Waals surface area (Å²) < 4.78 is 6.19. The van der Waals surface area contributed by atoms with E-state index in [2.05, 4.69) is 10.2 Å². The number of phenolic OH excluding ortho intramolecular Hbond substituents is 1. The van der Waals surface area contributed by atoms with Gasteiger partial charge in [-0.25, -0.2) is 0 Å². The zero-order valence-corrected chi connectivity index (χ0v) is 24.0. The van der Waals surface area contributed by atoms with Gasteiger partial charge in [-0.05, 0) is 48.7 Å². The second-order valence-corrected chi connectivity index (χ2v) is 11.4. The summed E-state index contributed by atoms with van der Waals surface area (Å²) in [5.41, 5.74) is 3.45. The van der Waals surface area contributed by atoms with E-state index in [1.807, 2.05) is 61.5 Å². The van der Waals surface area contributed by atoms with Gasteiger partial charge in [0.1, 0.15) is 0 Å². The smallest absolute Gasteiger partial charge is 0.296 e. The number of ketones is 1. The van der Waals surface area contributed by atoms with Gasteiger partial charge in [-0.1, -0.05) is 95.4 Å². The van der Waals surface area contributed by atoms with Gasteiger partial charge in [0.15, 0.2) is 27.4 Å². The minimum atomic E-state index is -1.02. The van der Waals surface area contributed by atoms with Crippen molar-refractivity contribution in [3.8, 4) is 11.5 Å². The molecular formula is C31H27N3O5S2. The zero-order chi connectivity index (χ0) is 28.9. The molecule has 1 aromatic heterocycles. The highest BCUT2D eigenvalue weighted by molar-refractivity contribution is 8.00. The topological polar surface area (TPSA) is 113 Å². The van der Waals surface area contributed by atoms with E-state index in [0.717, 1.165) is 11.1 Å². The van der Waals surface area contributed by atoms with Crippen molar-refractivity contribution < 1.29 is 24.5 Å². The van der Waals surface area contributed by atoms with Crippen LogP contribution in [0.2, 0.25) is 0 Å². The van der Waals surface area contributed by atoms with Crippen molar-refractivity contribution in [3.05, 3.63) is 112 Å². The van der Waals surface area contributed by atoms with Gasteiger partial charge in [-0.3, -0.25) is 14.5 Å². The van der Waals surface area contributed by atoms with Gasteiger partial charge >= 0.3 is 0 Å². The van der Waals surface area contributed by atoms with Crippen LogP contribution in [0.5, 0.6) is 11.5 Å². The third kappa shape index (κ3) is 6.18. The zero-order valence-electron chi connectivity index (χ0n) is 22.4. The van der Waals surface area contributed by atoms with Crippen LogP contribution in [0.25, 0.3) is 6.08 Å². The van der Waals surface area contributed by atoms with E-state index in [9.17, 15) is 19.8 Å². The van der Waals surface area contributed by atoms with Crippen LogP contribution < -0.4 is 9.64 Å². The SMILES string of the molecule is CCOc1cc(C2C(C(=O)C=Cc3ccccc3)=C(O)C(=O)N2c2nnc(SCc3ccc(C)cc3)s2)ccc1O. The first-order valence-electron chi connectivity index (χ1n) is 12.9. The third-order valence-corrected chi connectivity index (χ3v) is 8.51. The van der Waals surface area contributed by atoms with Crippen molar-refractivity contribution in [1.29, 1.82) is 0 Å². The van der Waals surface area contributed by atoms with Crippen molar-refractivity contribution in [1.82, 2.24) is 10.2 Å². The summed E-state index contributed by atoms with van der Waals surface area (Å²) in [6.07, 6.45) is 2.96. The Morgan fingerprint density at radius 1 is 1.07 bits per heavy atom. The number of rotatable bonds is 10. The largest absolute Gasteiger partial charge is 0.504 e. The number of aryl methyl sites for hydroxylation is 1. The molecule has 1 atom stereocenters. The molecule has 41 heavy (non-hydrogen) atoms. The number of aromatic hydroxyl groups is 1. The van der Waals surface area contributed by atoms with Crippen LogP contribution in [0.3, 0.4) is 0 Å². The van der Waals surface area contributed by atoms with E-state index in [1.165, 1.54) is 45.7 Å². The molecule has 1 unspecified atom stereocenters. The number of hydrogen-bond acceptors (Lipinski definition) is 9. The van der Waals surface area contributed by atoms with Gasteiger partial charge in [0.25, 0.3) is 5.91 Å². The molecule has 0 radical (unpaired) electrons. The average molecular weight is 586 g/mol.